The Morgan fingerprint density at radius 2 is 1.61 bits per heavy atom. The lowest BCUT2D eigenvalue weighted by molar-refractivity contribution is -0.159. The molecule has 4 N–H and O–H groups in total. The topological polar surface area (TPSA) is 128 Å². The van der Waals surface area contributed by atoms with Crippen LogP contribution in [0.5, 0.6) is 5.75 Å². The Labute approximate surface area is 99.9 Å². The highest BCUT2D eigenvalue weighted by Gasteiger charge is 2.04. The van der Waals surface area contributed by atoms with Crippen LogP contribution in [-0.2, 0) is 9.59 Å². The van der Waals surface area contributed by atoms with Crippen molar-refractivity contribution < 1.29 is 24.9 Å². The fourth-order valence-corrected chi connectivity index (χ4v) is 1.16. The molecule has 18 heavy (non-hydrogen) atoms. The number of rotatable bonds is 0. The lowest BCUT2D eigenvalue weighted by atomic mass is 10.2. The summed E-state index contributed by atoms with van der Waals surface area (Å²) in [5.41, 5.74) is 0.286. The minimum Gasteiger partial charge on any atom is -0.506 e. The predicted octanol–water partition coefficient (Wildman–Crippen LogP) is 0.389. The van der Waals surface area contributed by atoms with Crippen molar-refractivity contribution in [1.29, 1.82) is 0 Å². The number of para-hydroxylation sites is 1. The van der Waals surface area contributed by atoms with Gasteiger partial charge in [0.25, 0.3) is 0 Å². The van der Waals surface area contributed by atoms with Crippen LogP contribution in [0.2, 0.25) is 0 Å². The maximum atomic E-state index is 10.9. The molecule has 1 aromatic carbocycles. The summed E-state index contributed by atoms with van der Waals surface area (Å²) in [6.07, 6.45) is 0. The second kappa shape index (κ2) is 5.48. The van der Waals surface area contributed by atoms with Gasteiger partial charge in [0.15, 0.2) is 0 Å². The van der Waals surface area contributed by atoms with Gasteiger partial charge in [0.1, 0.15) is 5.75 Å². The fourth-order valence-electron chi connectivity index (χ4n) is 1.16. The molecule has 7 heteroatoms. The lowest BCUT2D eigenvalue weighted by Gasteiger charge is -1.97. The molecule has 1 heterocycles. The van der Waals surface area contributed by atoms with E-state index in [9.17, 15) is 9.90 Å². The number of fused-ring (bicyclic) bond motifs is 1. The summed E-state index contributed by atoms with van der Waals surface area (Å²) in [6, 6.07) is 8.20. The van der Waals surface area contributed by atoms with Gasteiger partial charge in [-0.3, -0.25) is 4.79 Å². The molecule has 7 nitrogen and oxygen atoms in total. The van der Waals surface area contributed by atoms with Crippen LogP contribution in [0.15, 0.2) is 35.1 Å². The first-order chi connectivity index (χ1) is 8.41. The molecule has 0 spiro atoms. The molecular formula is C11H9NO6. The molecule has 0 saturated heterocycles. The summed E-state index contributed by atoms with van der Waals surface area (Å²) in [5, 5.41) is 24.9. The molecule has 0 saturated carbocycles. The Bertz CT molecular complexity index is 633. The Kier molecular flexibility index (Phi) is 4.03. The Morgan fingerprint density at radius 3 is 2.17 bits per heavy atom. The zero-order chi connectivity index (χ0) is 13.7. The summed E-state index contributed by atoms with van der Waals surface area (Å²) in [4.78, 5) is 31.6. The number of aromatic nitrogens is 1. The first kappa shape index (κ1) is 13.2. The van der Waals surface area contributed by atoms with Gasteiger partial charge in [-0.05, 0) is 12.1 Å². The van der Waals surface area contributed by atoms with Crippen molar-refractivity contribution in [2.75, 3.05) is 0 Å². The highest BCUT2D eigenvalue weighted by Crippen LogP contribution is 2.19. The van der Waals surface area contributed by atoms with Crippen molar-refractivity contribution in [3.63, 3.8) is 0 Å². The maximum Gasteiger partial charge on any atom is 0.414 e. The molecule has 2 rings (SSSR count). The quantitative estimate of drug-likeness (QED) is 0.501. The van der Waals surface area contributed by atoms with Crippen LogP contribution in [0.3, 0.4) is 0 Å². The third-order valence-corrected chi connectivity index (χ3v) is 1.92. The smallest absolute Gasteiger partial charge is 0.414 e. The molecule has 0 fully saturated rings. The van der Waals surface area contributed by atoms with E-state index in [1.54, 1.807) is 12.1 Å². The number of carbonyl (C=O) groups is 2. The predicted molar refractivity (Wildman–Crippen MR) is 61.5 cm³/mol. The fraction of sp³-hybridized carbons (Fsp3) is 0. The number of H-pyrrole nitrogens is 1. The van der Waals surface area contributed by atoms with Crippen molar-refractivity contribution in [3.05, 3.63) is 40.7 Å². The monoisotopic (exact) mass is 251 g/mol. The van der Waals surface area contributed by atoms with Gasteiger partial charge in [-0.2, -0.15) is 0 Å². The zero-order valence-corrected chi connectivity index (χ0v) is 8.95. The van der Waals surface area contributed by atoms with E-state index >= 15 is 0 Å². The molecule has 0 atom stereocenters. The number of phenolic OH excluding ortho intramolecular Hbond substituents is 1. The van der Waals surface area contributed by atoms with Crippen LogP contribution in [0.1, 0.15) is 0 Å². The van der Waals surface area contributed by atoms with Crippen LogP contribution < -0.4 is 5.56 Å². The first-order valence-corrected chi connectivity index (χ1v) is 4.69. The SMILES string of the molecule is O=C(O)C(=O)O.O=c1ccc2cccc(O)c2[nH]1. The molecule has 0 radical (unpaired) electrons. The average Bonchev–Trinajstić information content (AvgIpc) is 2.31. The Morgan fingerprint density at radius 1 is 1.00 bits per heavy atom. The second-order valence-corrected chi connectivity index (χ2v) is 3.17. The molecule has 2 aromatic rings. The minimum absolute atomic E-state index is 0.102. The molecule has 0 amide bonds. The zero-order valence-electron chi connectivity index (χ0n) is 8.95. The molecule has 0 unspecified atom stereocenters. The van der Waals surface area contributed by atoms with Gasteiger partial charge < -0.3 is 20.3 Å². The van der Waals surface area contributed by atoms with E-state index in [-0.39, 0.29) is 11.3 Å². The number of phenols is 1. The van der Waals surface area contributed by atoms with Crippen molar-refractivity contribution in [1.82, 2.24) is 4.98 Å². The van der Waals surface area contributed by atoms with E-state index in [1.807, 2.05) is 6.07 Å². The Hall–Kier alpha value is -2.83. The second-order valence-electron chi connectivity index (χ2n) is 3.17. The summed E-state index contributed by atoms with van der Waals surface area (Å²) >= 11 is 0. The standard InChI is InChI=1S/C9H7NO2.C2H2O4/c11-7-3-1-2-6-4-5-8(12)10-9(6)7;3-1(4)2(5)6/h1-5,11H,(H,10,12);(H,3,4)(H,5,6). The van der Waals surface area contributed by atoms with E-state index < -0.39 is 11.9 Å². The number of carboxylic acid groups (broad SMARTS) is 2. The van der Waals surface area contributed by atoms with E-state index in [1.165, 1.54) is 12.1 Å². The van der Waals surface area contributed by atoms with Crippen molar-refractivity contribution in [2.24, 2.45) is 0 Å². The van der Waals surface area contributed by atoms with Gasteiger partial charge in [0.05, 0.1) is 5.52 Å². The molecule has 1 aromatic heterocycles. The number of pyridine rings is 1. The largest absolute Gasteiger partial charge is 0.506 e. The third-order valence-electron chi connectivity index (χ3n) is 1.92. The number of aromatic hydroxyl groups is 1. The van der Waals surface area contributed by atoms with Gasteiger partial charge in [-0.1, -0.05) is 12.1 Å². The summed E-state index contributed by atoms with van der Waals surface area (Å²) in [5.74, 6) is -3.55. The number of aliphatic carboxylic acids is 2. The van der Waals surface area contributed by atoms with Crippen LogP contribution in [0.4, 0.5) is 0 Å². The number of aromatic amines is 1. The van der Waals surface area contributed by atoms with Crippen molar-refractivity contribution >= 4 is 22.8 Å². The number of carboxylic acids is 2. The van der Waals surface area contributed by atoms with Gasteiger partial charge in [0, 0.05) is 11.5 Å². The van der Waals surface area contributed by atoms with Crippen LogP contribution in [0, 0.1) is 0 Å². The van der Waals surface area contributed by atoms with Gasteiger partial charge in [-0.15, -0.1) is 0 Å². The van der Waals surface area contributed by atoms with Gasteiger partial charge in [-0.25, -0.2) is 9.59 Å². The number of benzene rings is 1. The highest BCUT2D eigenvalue weighted by atomic mass is 16.4. The summed E-state index contributed by atoms with van der Waals surface area (Å²) in [7, 11) is 0. The van der Waals surface area contributed by atoms with Crippen LogP contribution in [-0.4, -0.2) is 32.2 Å². The number of hydrogen-bond donors (Lipinski definition) is 4. The third kappa shape index (κ3) is 3.34. The van der Waals surface area contributed by atoms with E-state index in [0.29, 0.717) is 5.52 Å². The van der Waals surface area contributed by atoms with E-state index in [4.69, 9.17) is 19.8 Å². The summed E-state index contributed by atoms with van der Waals surface area (Å²) in [6.45, 7) is 0. The first-order valence-electron chi connectivity index (χ1n) is 4.69. The molecular weight excluding hydrogens is 242 g/mol. The molecule has 0 aliphatic heterocycles. The van der Waals surface area contributed by atoms with Crippen LogP contribution in [0.25, 0.3) is 10.9 Å². The lowest BCUT2D eigenvalue weighted by Crippen LogP contribution is -2.09. The summed E-state index contributed by atoms with van der Waals surface area (Å²) < 4.78 is 0. The van der Waals surface area contributed by atoms with Crippen molar-refractivity contribution in [2.45, 2.75) is 0 Å². The molecule has 0 aliphatic rings. The van der Waals surface area contributed by atoms with Gasteiger partial charge >= 0.3 is 11.9 Å². The maximum absolute atomic E-state index is 10.9. The van der Waals surface area contributed by atoms with E-state index in [0.717, 1.165) is 5.39 Å². The molecule has 0 aliphatic carbocycles. The molecule has 0 bridgehead atoms. The molecule has 94 valence electrons. The van der Waals surface area contributed by atoms with Gasteiger partial charge in [0.2, 0.25) is 5.56 Å². The average molecular weight is 251 g/mol. The number of nitrogens with one attached hydrogen (secondary N) is 1. The van der Waals surface area contributed by atoms with Crippen molar-refractivity contribution in [3.8, 4) is 5.75 Å². The number of hydrogen-bond acceptors (Lipinski definition) is 4. The normalized spacial score (nSPS) is 9.33. The van der Waals surface area contributed by atoms with Crippen LogP contribution >= 0.6 is 0 Å². The van der Waals surface area contributed by atoms with E-state index in [2.05, 4.69) is 4.98 Å². The highest BCUT2D eigenvalue weighted by molar-refractivity contribution is 6.27. The Balaban J connectivity index is 0.000000232. The minimum atomic E-state index is -1.82.